The van der Waals surface area contributed by atoms with Crippen LogP contribution >= 0.6 is 23.2 Å². The highest BCUT2D eigenvalue weighted by Crippen LogP contribution is 2.21. The first-order chi connectivity index (χ1) is 9.02. The molecule has 2 rings (SSSR count). The van der Waals surface area contributed by atoms with E-state index in [-0.39, 0.29) is 29.2 Å². The van der Waals surface area contributed by atoms with Crippen molar-refractivity contribution in [3.05, 3.63) is 58.1 Å². The highest BCUT2D eigenvalue weighted by Gasteiger charge is 2.05. The number of halogens is 4. The molecule has 0 heterocycles. The van der Waals surface area contributed by atoms with E-state index in [4.69, 9.17) is 32.5 Å². The number of hydrogen-bond acceptors (Lipinski definition) is 2. The fourth-order valence-electron chi connectivity index (χ4n) is 1.39. The van der Waals surface area contributed by atoms with E-state index in [1.54, 1.807) is 0 Å². The fourth-order valence-corrected chi connectivity index (χ4v) is 1.81. The summed E-state index contributed by atoms with van der Waals surface area (Å²) >= 11 is 11.3. The Morgan fingerprint density at radius 1 is 0.737 bits per heavy atom. The Hall–Kier alpha value is -1.46. The maximum atomic E-state index is 13.0. The Bertz CT molecular complexity index is 504. The summed E-state index contributed by atoms with van der Waals surface area (Å²) in [6.07, 6.45) is 0. The van der Waals surface area contributed by atoms with Gasteiger partial charge in [-0.3, -0.25) is 0 Å². The molecule has 0 aromatic heterocycles. The van der Waals surface area contributed by atoms with E-state index in [1.807, 2.05) is 0 Å². The molecular weight excluding hydrogens is 296 g/mol. The van der Waals surface area contributed by atoms with Crippen LogP contribution in [0, 0.1) is 11.6 Å². The van der Waals surface area contributed by atoms with E-state index in [2.05, 4.69) is 0 Å². The molecule has 7 heteroatoms. The van der Waals surface area contributed by atoms with Gasteiger partial charge in [0.2, 0.25) is 0 Å². The van der Waals surface area contributed by atoms with Crippen LogP contribution in [0.4, 0.5) is 8.78 Å². The first kappa shape index (κ1) is 14.0. The summed E-state index contributed by atoms with van der Waals surface area (Å²) in [4.78, 5) is 0. The second-order valence-electron chi connectivity index (χ2n) is 3.62. The zero-order valence-electron chi connectivity index (χ0n) is 9.50. The molecule has 0 saturated carbocycles. The summed E-state index contributed by atoms with van der Waals surface area (Å²) in [7, 11) is -0.223. The minimum Gasteiger partial charge on any atom is -0.528 e. The summed E-state index contributed by atoms with van der Waals surface area (Å²) in [6.45, 7) is 0. The molecule has 0 unspecified atom stereocenters. The normalized spacial score (nSPS) is 10.1. The van der Waals surface area contributed by atoms with Crippen LogP contribution in [0.1, 0.15) is 0 Å². The molecule has 2 aromatic carbocycles. The second kappa shape index (κ2) is 6.13. The molecule has 0 radical (unpaired) electrons. The predicted molar refractivity (Wildman–Crippen MR) is 71.2 cm³/mol. The Balaban J connectivity index is 1.96. The second-order valence-corrected chi connectivity index (χ2v) is 4.49. The van der Waals surface area contributed by atoms with Gasteiger partial charge in [0, 0.05) is 22.2 Å². The molecule has 0 aliphatic carbocycles. The van der Waals surface area contributed by atoms with Gasteiger partial charge in [-0.1, -0.05) is 23.2 Å². The molecule has 2 nitrogen and oxygen atoms in total. The highest BCUT2D eigenvalue weighted by atomic mass is 35.5. The van der Waals surface area contributed by atoms with Crippen molar-refractivity contribution >= 4 is 30.9 Å². The van der Waals surface area contributed by atoms with Gasteiger partial charge < -0.3 is 9.31 Å². The third-order valence-electron chi connectivity index (χ3n) is 2.12. The molecule has 19 heavy (non-hydrogen) atoms. The van der Waals surface area contributed by atoms with Crippen LogP contribution in [0.15, 0.2) is 36.4 Å². The van der Waals surface area contributed by atoms with Crippen molar-refractivity contribution in [2.24, 2.45) is 0 Å². The van der Waals surface area contributed by atoms with Crippen LogP contribution < -0.4 is 9.31 Å². The fraction of sp³-hybridized carbons (Fsp3) is 0. The Labute approximate surface area is 119 Å². The molecule has 0 aliphatic rings. The Morgan fingerprint density at radius 3 is 1.53 bits per heavy atom. The van der Waals surface area contributed by atoms with Crippen molar-refractivity contribution in [3.63, 3.8) is 0 Å². The Kier molecular flexibility index (Phi) is 4.50. The number of hydrogen-bond donors (Lipinski definition) is 0. The minimum absolute atomic E-state index is 0.212. The Morgan fingerprint density at radius 2 is 1.16 bits per heavy atom. The van der Waals surface area contributed by atoms with E-state index < -0.39 is 11.6 Å². The van der Waals surface area contributed by atoms with Crippen LogP contribution in [0.5, 0.6) is 11.5 Å². The minimum atomic E-state index is -0.517. The van der Waals surface area contributed by atoms with Gasteiger partial charge in [0.1, 0.15) is 23.1 Å². The number of rotatable bonds is 4. The molecule has 0 atom stereocenters. The quantitative estimate of drug-likeness (QED) is 0.795. The van der Waals surface area contributed by atoms with Crippen LogP contribution in [-0.2, 0) is 0 Å². The summed E-state index contributed by atoms with van der Waals surface area (Å²) in [6, 6.07) is 7.50. The largest absolute Gasteiger partial charge is 0.576 e. The van der Waals surface area contributed by atoms with Gasteiger partial charge in [-0.2, -0.15) is 0 Å². The SMILES string of the molecule is Fc1cc(Cl)cc(OBOc2cc(F)cc(Cl)c2)c1. The van der Waals surface area contributed by atoms with Gasteiger partial charge in [0.15, 0.2) is 0 Å². The maximum Gasteiger partial charge on any atom is 0.576 e. The molecule has 0 fully saturated rings. The molecule has 0 N–H and O–H groups in total. The van der Waals surface area contributed by atoms with E-state index in [0.29, 0.717) is 0 Å². The number of benzene rings is 2. The third kappa shape index (κ3) is 4.30. The zero-order valence-corrected chi connectivity index (χ0v) is 11.0. The molecule has 0 bridgehead atoms. The van der Waals surface area contributed by atoms with Crippen LogP contribution in [0.3, 0.4) is 0 Å². The van der Waals surface area contributed by atoms with Crippen molar-refractivity contribution in [1.82, 2.24) is 0 Å². The van der Waals surface area contributed by atoms with Crippen molar-refractivity contribution in [2.75, 3.05) is 0 Å². The summed E-state index contributed by atoms with van der Waals surface area (Å²) in [5, 5.41) is 0.424. The third-order valence-corrected chi connectivity index (χ3v) is 2.56. The van der Waals surface area contributed by atoms with E-state index in [0.717, 1.165) is 24.3 Å². The molecule has 2 aromatic rings. The van der Waals surface area contributed by atoms with Crippen molar-refractivity contribution in [2.45, 2.75) is 0 Å². The topological polar surface area (TPSA) is 18.5 Å². The van der Waals surface area contributed by atoms with E-state index in [1.165, 1.54) is 12.1 Å². The lowest BCUT2D eigenvalue weighted by Gasteiger charge is -2.08. The molecule has 0 saturated heterocycles. The lowest BCUT2D eigenvalue weighted by atomic mass is 10.3. The van der Waals surface area contributed by atoms with E-state index in [9.17, 15) is 8.78 Å². The lowest BCUT2D eigenvalue weighted by molar-refractivity contribution is 0.454. The van der Waals surface area contributed by atoms with Gasteiger partial charge in [0.05, 0.1) is 0 Å². The predicted octanol–water partition coefficient (Wildman–Crippen LogP) is 4.00. The molecule has 98 valence electrons. The zero-order chi connectivity index (χ0) is 13.8. The van der Waals surface area contributed by atoms with Crippen LogP contribution in [0.25, 0.3) is 0 Å². The average Bonchev–Trinajstić information content (AvgIpc) is 2.26. The summed E-state index contributed by atoms with van der Waals surface area (Å²) in [5.74, 6) is -0.604. The van der Waals surface area contributed by atoms with Gasteiger partial charge in [-0.25, -0.2) is 8.78 Å². The first-order valence-corrected chi connectivity index (χ1v) is 5.96. The highest BCUT2D eigenvalue weighted by molar-refractivity contribution is 6.31. The first-order valence-electron chi connectivity index (χ1n) is 5.21. The van der Waals surface area contributed by atoms with Gasteiger partial charge in [-0.15, -0.1) is 0 Å². The lowest BCUT2D eigenvalue weighted by Crippen LogP contribution is -2.11. The average molecular weight is 303 g/mol. The summed E-state index contributed by atoms with van der Waals surface area (Å²) < 4.78 is 36.3. The van der Waals surface area contributed by atoms with Crippen LogP contribution in [-0.4, -0.2) is 7.69 Å². The van der Waals surface area contributed by atoms with Gasteiger partial charge >= 0.3 is 7.69 Å². The van der Waals surface area contributed by atoms with Crippen molar-refractivity contribution in [1.29, 1.82) is 0 Å². The standard InChI is InChI=1S/C12H7BCl2F2O2/c14-7-1-9(16)5-11(3-7)18-13-19-12-4-8(15)2-10(17)6-12/h1-6,13H. The molecule has 0 amide bonds. The van der Waals surface area contributed by atoms with E-state index >= 15 is 0 Å². The van der Waals surface area contributed by atoms with Gasteiger partial charge in [-0.05, 0) is 24.3 Å². The smallest absolute Gasteiger partial charge is 0.528 e. The molecule has 0 spiro atoms. The summed E-state index contributed by atoms with van der Waals surface area (Å²) in [5.41, 5.74) is 0. The molecular formula is C12H7BCl2F2O2. The monoisotopic (exact) mass is 302 g/mol. The maximum absolute atomic E-state index is 13.0. The van der Waals surface area contributed by atoms with Crippen LogP contribution in [0.2, 0.25) is 10.0 Å². The van der Waals surface area contributed by atoms with Gasteiger partial charge in [0.25, 0.3) is 0 Å². The van der Waals surface area contributed by atoms with Crippen molar-refractivity contribution in [3.8, 4) is 11.5 Å². The molecule has 0 aliphatic heterocycles. The van der Waals surface area contributed by atoms with Crippen molar-refractivity contribution < 1.29 is 18.1 Å².